The number of hydrogen-bond donors (Lipinski definition) is 1. The first-order chi connectivity index (χ1) is 7.79. The van der Waals surface area contributed by atoms with E-state index < -0.39 is 0 Å². The number of aryl methyl sites for hydroxylation is 1. The standard InChI is InChI=1S/C12H15N3O/c1-15-7-6-13-12(15)14-11-5-3-4-10(8-11)9-16-2/h3-8H,9H2,1-2H3,(H,13,14). The van der Waals surface area contributed by atoms with Crippen molar-refractivity contribution in [2.45, 2.75) is 6.61 Å². The van der Waals surface area contributed by atoms with Crippen molar-refractivity contribution >= 4 is 11.6 Å². The monoisotopic (exact) mass is 217 g/mol. The topological polar surface area (TPSA) is 39.1 Å². The summed E-state index contributed by atoms with van der Waals surface area (Å²) in [6.45, 7) is 0.621. The van der Waals surface area contributed by atoms with E-state index in [0.717, 1.165) is 17.2 Å². The predicted molar refractivity (Wildman–Crippen MR) is 63.6 cm³/mol. The van der Waals surface area contributed by atoms with Gasteiger partial charge in [0.1, 0.15) is 0 Å². The summed E-state index contributed by atoms with van der Waals surface area (Å²) >= 11 is 0. The summed E-state index contributed by atoms with van der Waals surface area (Å²) in [6.07, 6.45) is 3.67. The normalized spacial score (nSPS) is 10.4. The molecule has 0 fully saturated rings. The van der Waals surface area contributed by atoms with Crippen molar-refractivity contribution in [2.24, 2.45) is 7.05 Å². The largest absolute Gasteiger partial charge is 0.380 e. The van der Waals surface area contributed by atoms with Crippen LogP contribution in [0.1, 0.15) is 5.56 Å². The Morgan fingerprint density at radius 2 is 2.31 bits per heavy atom. The molecule has 0 aliphatic heterocycles. The van der Waals surface area contributed by atoms with E-state index in [2.05, 4.69) is 16.4 Å². The molecule has 0 amide bonds. The molecule has 0 radical (unpaired) electrons. The first kappa shape index (κ1) is 10.7. The number of nitrogens with zero attached hydrogens (tertiary/aromatic N) is 2. The fourth-order valence-corrected chi connectivity index (χ4v) is 1.52. The van der Waals surface area contributed by atoms with Crippen molar-refractivity contribution in [3.63, 3.8) is 0 Å². The van der Waals surface area contributed by atoms with Crippen LogP contribution >= 0.6 is 0 Å². The zero-order valence-electron chi connectivity index (χ0n) is 9.47. The fourth-order valence-electron chi connectivity index (χ4n) is 1.52. The minimum absolute atomic E-state index is 0.621. The van der Waals surface area contributed by atoms with E-state index in [1.54, 1.807) is 13.3 Å². The lowest BCUT2D eigenvalue weighted by Crippen LogP contribution is -1.99. The van der Waals surface area contributed by atoms with Crippen LogP contribution in [0.4, 0.5) is 11.6 Å². The summed E-state index contributed by atoms with van der Waals surface area (Å²) < 4.78 is 7.03. The third-order valence-corrected chi connectivity index (χ3v) is 2.32. The van der Waals surface area contributed by atoms with Crippen LogP contribution in [0.5, 0.6) is 0 Å². The minimum atomic E-state index is 0.621. The lowest BCUT2D eigenvalue weighted by molar-refractivity contribution is 0.185. The van der Waals surface area contributed by atoms with E-state index in [1.807, 2.05) is 36.0 Å². The maximum atomic E-state index is 5.09. The molecule has 1 aromatic carbocycles. The van der Waals surface area contributed by atoms with E-state index >= 15 is 0 Å². The molecule has 0 atom stereocenters. The number of aromatic nitrogens is 2. The number of benzene rings is 1. The summed E-state index contributed by atoms with van der Waals surface area (Å²) in [5.41, 5.74) is 2.16. The summed E-state index contributed by atoms with van der Waals surface area (Å²) in [4.78, 5) is 4.21. The van der Waals surface area contributed by atoms with Crippen molar-refractivity contribution < 1.29 is 4.74 Å². The Morgan fingerprint density at radius 3 is 3.00 bits per heavy atom. The van der Waals surface area contributed by atoms with Gasteiger partial charge in [0.25, 0.3) is 0 Å². The zero-order chi connectivity index (χ0) is 11.4. The Kier molecular flexibility index (Phi) is 3.22. The molecule has 1 aromatic heterocycles. The number of ether oxygens (including phenoxy) is 1. The summed E-state index contributed by atoms with van der Waals surface area (Å²) in [5, 5.41) is 3.25. The first-order valence-corrected chi connectivity index (χ1v) is 5.12. The molecule has 16 heavy (non-hydrogen) atoms. The maximum Gasteiger partial charge on any atom is 0.207 e. The highest BCUT2D eigenvalue weighted by Crippen LogP contribution is 2.16. The van der Waals surface area contributed by atoms with E-state index in [1.165, 1.54) is 0 Å². The Hall–Kier alpha value is -1.81. The Labute approximate surface area is 94.9 Å². The van der Waals surface area contributed by atoms with E-state index in [0.29, 0.717) is 6.61 Å². The van der Waals surface area contributed by atoms with Crippen LogP contribution in [0.25, 0.3) is 0 Å². The van der Waals surface area contributed by atoms with Crippen molar-refractivity contribution in [3.8, 4) is 0 Å². The fraction of sp³-hybridized carbons (Fsp3) is 0.250. The summed E-state index contributed by atoms with van der Waals surface area (Å²) in [6, 6.07) is 8.10. The van der Waals surface area contributed by atoms with Gasteiger partial charge >= 0.3 is 0 Å². The molecule has 0 saturated heterocycles. The number of nitrogens with one attached hydrogen (secondary N) is 1. The molecule has 0 aliphatic rings. The highest BCUT2D eigenvalue weighted by atomic mass is 16.5. The van der Waals surface area contributed by atoms with Gasteiger partial charge in [-0.2, -0.15) is 0 Å². The summed E-state index contributed by atoms with van der Waals surface area (Å²) in [7, 11) is 3.65. The third-order valence-electron chi connectivity index (χ3n) is 2.32. The van der Waals surface area contributed by atoms with Gasteiger partial charge in [0.05, 0.1) is 6.61 Å². The average molecular weight is 217 g/mol. The smallest absolute Gasteiger partial charge is 0.207 e. The Balaban J connectivity index is 2.15. The molecule has 0 bridgehead atoms. The van der Waals surface area contributed by atoms with Crippen LogP contribution in [0.2, 0.25) is 0 Å². The van der Waals surface area contributed by atoms with Crippen molar-refractivity contribution in [1.82, 2.24) is 9.55 Å². The molecule has 84 valence electrons. The summed E-state index contributed by atoms with van der Waals surface area (Å²) in [5.74, 6) is 0.828. The van der Waals surface area contributed by atoms with Gasteiger partial charge in [0, 0.05) is 32.2 Å². The van der Waals surface area contributed by atoms with E-state index in [9.17, 15) is 0 Å². The lowest BCUT2D eigenvalue weighted by atomic mass is 10.2. The molecule has 0 saturated carbocycles. The van der Waals surface area contributed by atoms with E-state index in [4.69, 9.17) is 4.74 Å². The van der Waals surface area contributed by atoms with Gasteiger partial charge in [-0.1, -0.05) is 12.1 Å². The Morgan fingerprint density at radius 1 is 1.44 bits per heavy atom. The molecular formula is C12H15N3O. The van der Waals surface area contributed by atoms with Crippen molar-refractivity contribution in [1.29, 1.82) is 0 Å². The van der Waals surface area contributed by atoms with Crippen LogP contribution in [-0.2, 0) is 18.4 Å². The molecule has 4 nitrogen and oxygen atoms in total. The molecule has 2 rings (SSSR count). The second-order valence-corrected chi connectivity index (χ2v) is 3.62. The number of imidazole rings is 1. The molecule has 0 aliphatic carbocycles. The second-order valence-electron chi connectivity index (χ2n) is 3.62. The second kappa shape index (κ2) is 4.81. The van der Waals surface area contributed by atoms with Gasteiger partial charge in [0.2, 0.25) is 5.95 Å². The molecule has 1 N–H and O–H groups in total. The molecule has 2 aromatic rings. The first-order valence-electron chi connectivity index (χ1n) is 5.12. The molecule has 4 heteroatoms. The van der Waals surface area contributed by atoms with Gasteiger partial charge in [0.15, 0.2) is 0 Å². The number of anilines is 2. The van der Waals surface area contributed by atoms with Gasteiger partial charge < -0.3 is 14.6 Å². The van der Waals surface area contributed by atoms with Crippen LogP contribution < -0.4 is 5.32 Å². The van der Waals surface area contributed by atoms with Gasteiger partial charge in [-0.25, -0.2) is 4.98 Å². The van der Waals surface area contributed by atoms with Crippen LogP contribution in [0.3, 0.4) is 0 Å². The molecule has 0 spiro atoms. The minimum Gasteiger partial charge on any atom is -0.380 e. The molecule has 1 heterocycles. The zero-order valence-corrected chi connectivity index (χ0v) is 9.47. The number of methoxy groups -OCH3 is 1. The predicted octanol–water partition coefficient (Wildman–Crippen LogP) is 2.31. The van der Waals surface area contributed by atoms with Crippen molar-refractivity contribution in [3.05, 3.63) is 42.2 Å². The van der Waals surface area contributed by atoms with Gasteiger partial charge in [-0.05, 0) is 17.7 Å². The van der Waals surface area contributed by atoms with E-state index in [-0.39, 0.29) is 0 Å². The Bertz CT molecular complexity index is 465. The van der Waals surface area contributed by atoms with Gasteiger partial charge in [-0.3, -0.25) is 0 Å². The molecule has 0 unspecified atom stereocenters. The maximum absolute atomic E-state index is 5.09. The molecular weight excluding hydrogens is 202 g/mol. The third kappa shape index (κ3) is 2.41. The number of rotatable bonds is 4. The van der Waals surface area contributed by atoms with Crippen LogP contribution in [0.15, 0.2) is 36.7 Å². The number of hydrogen-bond acceptors (Lipinski definition) is 3. The lowest BCUT2D eigenvalue weighted by Gasteiger charge is -2.07. The SMILES string of the molecule is COCc1cccc(Nc2nccn2C)c1. The van der Waals surface area contributed by atoms with Crippen LogP contribution in [0, 0.1) is 0 Å². The highest BCUT2D eigenvalue weighted by Gasteiger charge is 2.00. The quantitative estimate of drug-likeness (QED) is 0.854. The van der Waals surface area contributed by atoms with Crippen LogP contribution in [-0.4, -0.2) is 16.7 Å². The highest BCUT2D eigenvalue weighted by molar-refractivity contribution is 5.54. The van der Waals surface area contributed by atoms with Crippen molar-refractivity contribution in [2.75, 3.05) is 12.4 Å². The van der Waals surface area contributed by atoms with Gasteiger partial charge in [-0.15, -0.1) is 0 Å². The average Bonchev–Trinajstić information content (AvgIpc) is 2.66.